The van der Waals surface area contributed by atoms with Crippen molar-refractivity contribution in [2.45, 2.75) is 50.7 Å². The maximum atomic E-state index is 12.9. The van der Waals surface area contributed by atoms with Crippen LogP contribution in [0.1, 0.15) is 44.1 Å². The highest BCUT2D eigenvalue weighted by atomic mass is 19.4. The van der Waals surface area contributed by atoms with Crippen molar-refractivity contribution in [3.8, 4) is 0 Å². The molecule has 7 heteroatoms. The van der Waals surface area contributed by atoms with Gasteiger partial charge in [-0.25, -0.2) is 0 Å². The van der Waals surface area contributed by atoms with Crippen LogP contribution < -0.4 is 4.90 Å². The normalized spacial score (nSPS) is 19.6. The second-order valence-corrected chi connectivity index (χ2v) is 7.92. The third-order valence-electron chi connectivity index (χ3n) is 6.07. The maximum absolute atomic E-state index is 12.9. The zero-order valence-corrected chi connectivity index (χ0v) is 16.5. The van der Waals surface area contributed by atoms with Crippen LogP contribution in [-0.2, 0) is 11.0 Å². The van der Waals surface area contributed by atoms with E-state index in [1.807, 2.05) is 16.8 Å². The highest BCUT2D eigenvalue weighted by Gasteiger charge is 2.31. The van der Waals surface area contributed by atoms with Crippen LogP contribution in [0, 0.1) is 0 Å². The molecule has 1 aliphatic carbocycles. The van der Waals surface area contributed by atoms with Gasteiger partial charge in [-0.15, -0.1) is 0 Å². The summed E-state index contributed by atoms with van der Waals surface area (Å²) in [6.45, 7) is 3.58. The van der Waals surface area contributed by atoms with Crippen molar-refractivity contribution >= 4 is 11.6 Å². The van der Waals surface area contributed by atoms with Gasteiger partial charge in [-0.3, -0.25) is 9.69 Å². The lowest BCUT2D eigenvalue weighted by Gasteiger charge is -2.37. The number of amides is 1. The largest absolute Gasteiger partial charge is 0.416 e. The molecule has 1 aliphatic heterocycles. The molecule has 1 aromatic carbocycles. The number of piperazine rings is 1. The van der Waals surface area contributed by atoms with E-state index in [0.717, 1.165) is 32.0 Å². The smallest absolute Gasteiger partial charge is 0.369 e. The van der Waals surface area contributed by atoms with Crippen molar-refractivity contribution in [2.24, 2.45) is 0 Å². The van der Waals surface area contributed by atoms with E-state index in [9.17, 15) is 18.0 Å². The minimum Gasteiger partial charge on any atom is -0.369 e. The first-order valence-electron chi connectivity index (χ1n) is 10.2. The summed E-state index contributed by atoms with van der Waals surface area (Å²) in [5, 5.41) is 0. The Labute approximate surface area is 165 Å². The number of carbonyl (C=O) groups is 1. The van der Waals surface area contributed by atoms with Crippen molar-refractivity contribution in [2.75, 3.05) is 44.7 Å². The second kappa shape index (κ2) is 9.16. The van der Waals surface area contributed by atoms with E-state index >= 15 is 0 Å². The van der Waals surface area contributed by atoms with Crippen molar-refractivity contribution in [1.29, 1.82) is 0 Å². The molecular weight excluding hydrogens is 367 g/mol. The van der Waals surface area contributed by atoms with Crippen molar-refractivity contribution in [3.63, 3.8) is 0 Å². The van der Waals surface area contributed by atoms with Crippen molar-refractivity contribution in [3.05, 3.63) is 29.8 Å². The Balaban J connectivity index is 1.45. The van der Waals surface area contributed by atoms with Gasteiger partial charge < -0.3 is 9.80 Å². The number of hydrogen-bond donors (Lipinski definition) is 0. The van der Waals surface area contributed by atoms with Gasteiger partial charge in [0.2, 0.25) is 5.91 Å². The van der Waals surface area contributed by atoms with Crippen LogP contribution in [0.4, 0.5) is 18.9 Å². The number of benzene rings is 1. The van der Waals surface area contributed by atoms with E-state index < -0.39 is 11.7 Å². The van der Waals surface area contributed by atoms with Crippen LogP contribution >= 0.6 is 0 Å². The molecule has 1 heterocycles. The Morgan fingerprint density at radius 2 is 1.79 bits per heavy atom. The first kappa shape index (κ1) is 21.0. The summed E-state index contributed by atoms with van der Waals surface area (Å²) < 4.78 is 38.7. The monoisotopic (exact) mass is 397 g/mol. The Bertz CT molecular complexity index is 651. The molecule has 0 spiro atoms. The van der Waals surface area contributed by atoms with Crippen molar-refractivity contribution in [1.82, 2.24) is 9.80 Å². The molecule has 1 amide bonds. The summed E-state index contributed by atoms with van der Waals surface area (Å²) in [5.41, 5.74) is 0.00589. The second-order valence-electron chi connectivity index (χ2n) is 7.92. The number of carbonyl (C=O) groups excluding carboxylic acids is 1. The van der Waals surface area contributed by atoms with Crippen LogP contribution in [0.2, 0.25) is 0 Å². The van der Waals surface area contributed by atoms with E-state index in [1.54, 1.807) is 6.07 Å². The van der Waals surface area contributed by atoms with E-state index in [0.29, 0.717) is 37.8 Å². The lowest BCUT2D eigenvalue weighted by Crippen LogP contribution is -2.47. The van der Waals surface area contributed by atoms with Gasteiger partial charge in [-0.05, 0) is 31.0 Å². The Kier molecular flexibility index (Phi) is 6.86. The molecule has 0 atom stereocenters. The van der Waals surface area contributed by atoms with E-state index in [4.69, 9.17) is 0 Å². The zero-order valence-electron chi connectivity index (χ0n) is 16.5. The molecular formula is C21H30F3N3O. The van der Waals surface area contributed by atoms with Gasteiger partial charge >= 0.3 is 6.18 Å². The van der Waals surface area contributed by atoms with Gasteiger partial charge in [0.1, 0.15) is 0 Å². The standard InChI is InChI=1S/C21H30F3N3O/c1-25(18-7-3-2-4-8-18)20(28)10-11-26-12-14-27(15-13-26)19-9-5-6-17(16-19)21(22,23)24/h5-6,9,16,18H,2-4,7-8,10-15H2,1H3. The first-order valence-corrected chi connectivity index (χ1v) is 10.2. The molecule has 1 saturated heterocycles. The van der Waals surface area contributed by atoms with E-state index in [1.165, 1.54) is 31.4 Å². The quantitative estimate of drug-likeness (QED) is 0.751. The number of halogens is 3. The number of hydrogen-bond acceptors (Lipinski definition) is 3. The zero-order chi connectivity index (χ0) is 20.1. The summed E-state index contributed by atoms with van der Waals surface area (Å²) in [7, 11) is 1.92. The molecule has 28 heavy (non-hydrogen) atoms. The number of anilines is 1. The Morgan fingerprint density at radius 1 is 1.11 bits per heavy atom. The van der Waals surface area contributed by atoms with Crippen molar-refractivity contribution < 1.29 is 18.0 Å². The molecule has 2 fully saturated rings. The predicted octanol–water partition coefficient (Wildman–Crippen LogP) is 4.01. The molecule has 2 aliphatic rings. The fourth-order valence-electron chi connectivity index (χ4n) is 4.21. The highest BCUT2D eigenvalue weighted by molar-refractivity contribution is 5.76. The van der Waals surface area contributed by atoms with Gasteiger partial charge in [0.15, 0.2) is 0 Å². The third-order valence-corrected chi connectivity index (χ3v) is 6.07. The lowest BCUT2D eigenvalue weighted by atomic mass is 9.94. The summed E-state index contributed by atoms with van der Waals surface area (Å²) in [5.74, 6) is 0.201. The predicted molar refractivity (Wildman–Crippen MR) is 104 cm³/mol. The molecule has 0 N–H and O–H groups in total. The van der Waals surface area contributed by atoms with Gasteiger partial charge in [0, 0.05) is 57.9 Å². The van der Waals surface area contributed by atoms with Crippen LogP contribution in [0.25, 0.3) is 0 Å². The molecule has 156 valence electrons. The fraction of sp³-hybridized carbons (Fsp3) is 0.667. The Hall–Kier alpha value is -1.76. The first-order chi connectivity index (χ1) is 13.3. The summed E-state index contributed by atoms with van der Waals surface area (Å²) >= 11 is 0. The molecule has 1 aromatic rings. The molecule has 1 saturated carbocycles. The maximum Gasteiger partial charge on any atom is 0.416 e. The van der Waals surface area contributed by atoms with Gasteiger partial charge in [0.25, 0.3) is 0 Å². The van der Waals surface area contributed by atoms with Crippen LogP contribution in [0.5, 0.6) is 0 Å². The average Bonchev–Trinajstić information content (AvgIpc) is 2.72. The molecule has 3 rings (SSSR count). The van der Waals surface area contributed by atoms with Gasteiger partial charge in [-0.2, -0.15) is 13.2 Å². The molecule has 0 unspecified atom stereocenters. The summed E-state index contributed by atoms with van der Waals surface area (Å²) in [6, 6.07) is 5.91. The van der Waals surface area contributed by atoms with E-state index in [-0.39, 0.29) is 5.91 Å². The molecule has 0 bridgehead atoms. The number of alkyl halides is 3. The van der Waals surface area contributed by atoms with Gasteiger partial charge in [0.05, 0.1) is 5.56 Å². The van der Waals surface area contributed by atoms with Crippen LogP contribution in [-0.4, -0.2) is 61.5 Å². The highest BCUT2D eigenvalue weighted by Crippen LogP contribution is 2.32. The minimum atomic E-state index is -4.32. The van der Waals surface area contributed by atoms with Gasteiger partial charge in [-0.1, -0.05) is 25.3 Å². The SMILES string of the molecule is CN(C(=O)CCN1CCN(c2cccc(C(F)(F)F)c2)CC1)C1CCCCC1. The van der Waals surface area contributed by atoms with E-state index in [2.05, 4.69) is 4.90 Å². The minimum absolute atomic E-state index is 0.201. The topological polar surface area (TPSA) is 26.8 Å². The molecule has 0 radical (unpaired) electrons. The molecule has 0 aromatic heterocycles. The summed E-state index contributed by atoms with van der Waals surface area (Å²) in [6.07, 6.45) is 2.10. The average molecular weight is 397 g/mol. The van der Waals surface area contributed by atoms with Crippen LogP contribution in [0.3, 0.4) is 0 Å². The summed E-state index contributed by atoms with van der Waals surface area (Å²) in [4.78, 5) is 18.6. The molecule has 4 nitrogen and oxygen atoms in total. The van der Waals surface area contributed by atoms with Crippen LogP contribution in [0.15, 0.2) is 24.3 Å². The lowest BCUT2D eigenvalue weighted by molar-refractivity contribution is -0.137. The Morgan fingerprint density at radius 3 is 2.43 bits per heavy atom. The third kappa shape index (κ3) is 5.40. The number of nitrogens with zero attached hydrogens (tertiary/aromatic N) is 3. The fourth-order valence-corrected chi connectivity index (χ4v) is 4.21. The number of rotatable bonds is 5.